The van der Waals surface area contributed by atoms with E-state index in [1.54, 1.807) is 31.3 Å². The number of nitrogens with one attached hydrogen (secondary N) is 1. The minimum atomic E-state index is -3.15. The monoisotopic (exact) mass is 391 g/mol. The van der Waals surface area contributed by atoms with Crippen molar-refractivity contribution in [2.75, 3.05) is 7.05 Å². The Morgan fingerprint density at radius 1 is 1.04 bits per heavy atom. The third kappa shape index (κ3) is 4.83. The van der Waals surface area contributed by atoms with E-state index in [2.05, 4.69) is 5.32 Å². The fraction of sp³-hybridized carbons (Fsp3) is 0.286. The lowest BCUT2D eigenvalue weighted by atomic mass is 9.92. The van der Waals surface area contributed by atoms with Crippen LogP contribution in [0.4, 0.5) is 17.6 Å². The number of benzene rings is 2. The number of allylic oxidation sites excluding steroid dienone is 1. The van der Waals surface area contributed by atoms with Crippen molar-refractivity contribution in [3.8, 4) is 6.07 Å². The zero-order valence-corrected chi connectivity index (χ0v) is 15.8. The lowest BCUT2D eigenvalue weighted by molar-refractivity contribution is 0.0124. The lowest BCUT2D eigenvalue weighted by Crippen LogP contribution is -2.14. The molecule has 2 rings (SSSR count). The van der Waals surface area contributed by atoms with Crippen molar-refractivity contribution in [1.29, 1.82) is 5.26 Å². The summed E-state index contributed by atoms with van der Waals surface area (Å²) in [5.74, 6) is -6.28. The number of alkyl halides is 4. The molecule has 148 valence electrons. The van der Waals surface area contributed by atoms with Gasteiger partial charge in [0.2, 0.25) is 0 Å². The number of nitriles is 1. The normalized spacial score (nSPS) is 12.9. The molecule has 0 radical (unpaired) electrons. The maximum Gasteiger partial charge on any atom is 0.270 e. The summed E-state index contributed by atoms with van der Waals surface area (Å²) in [5, 5.41) is 11.7. The van der Waals surface area contributed by atoms with Gasteiger partial charge >= 0.3 is 0 Å². The highest BCUT2D eigenvalue weighted by atomic mass is 19.3. The van der Waals surface area contributed by atoms with Gasteiger partial charge in [0.15, 0.2) is 0 Å². The molecule has 0 aliphatic heterocycles. The van der Waals surface area contributed by atoms with Gasteiger partial charge in [0.1, 0.15) is 11.8 Å². The predicted octanol–water partition coefficient (Wildman–Crippen LogP) is 4.87. The van der Waals surface area contributed by atoms with Gasteiger partial charge in [0.25, 0.3) is 11.8 Å². The molecule has 0 saturated carbocycles. The van der Waals surface area contributed by atoms with Crippen molar-refractivity contribution in [2.24, 2.45) is 5.73 Å². The summed E-state index contributed by atoms with van der Waals surface area (Å²) >= 11 is 0. The molecule has 0 heterocycles. The summed E-state index contributed by atoms with van der Waals surface area (Å²) in [6, 6.07) is 11.8. The third-order valence-corrected chi connectivity index (χ3v) is 4.38. The molecule has 2 aromatic rings. The number of nitrogens with two attached hydrogens (primary N) is 1. The molecule has 3 N–H and O–H groups in total. The smallest absolute Gasteiger partial charge is 0.270 e. The zero-order chi connectivity index (χ0) is 21.1. The molecule has 0 aliphatic rings. The van der Waals surface area contributed by atoms with Crippen LogP contribution in [0.2, 0.25) is 0 Å². The van der Waals surface area contributed by atoms with Crippen molar-refractivity contribution >= 4 is 5.70 Å². The van der Waals surface area contributed by atoms with Crippen LogP contribution in [-0.2, 0) is 18.3 Å². The van der Waals surface area contributed by atoms with Gasteiger partial charge in [0, 0.05) is 37.6 Å². The molecule has 0 unspecified atom stereocenters. The second-order valence-electron chi connectivity index (χ2n) is 6.67. The molecule has 0 amide bonds. The molecule has 0 bridgehead atoms. The molecule has 0 fully saturated rings. The largest absolute Gasteiger partial charge is 0.396 e. The fourth-order valence-electron chi connectivity index (χ4n) is 2.86. The van der Waals surface area contributed by atoms with Gasteiger partial charge in [-0.05, 0) is 23.6 Å². The van der Waals surface area contributed by atoms with E-state index < -0.39 is 11.8 Å². The molecule has 3 nitrogen and oxygen atoms in total. The topological polar surface area (TPSA) is 61.8 Å². The van der Waals surface area contributed by atoms with E-state index in [0.29, 0.717) is 11.1 Å². The third-order valence-electron chi connectivity index (χ3n) is 4.38. The summed E-state index contributed by atoms with van der Waals surface area (Å²) in [6.45, 7) is 1.47. The molecular weight excluding hydrogens is 370 g/mol. The second-order valence-corrected chi connectivity index (χ2v) is 6.67. The predicted molar refractivity (Wildman–Crippen MR) is 101 cm³/mol. The average Bonchev–Trinajstić information content (AvgIpc) is 2.61. The summed E-state index contributed by atoms with van der Waals surface area (Å²) in [6.07, 6.45) is 0.0592. The van der Waals surface area contributed by atoms with Crippen molar-refractivity contribution in [2.45, 2.75) is 32.1 Å². The number of rotatable bonds is 6. The highest BCUT2D eigenvalue weighted by Crippen LogP contribution is 2.35. The van der Waals surface area contributed by atoms with Crippen LogP contribution in [0, 0.1) is 11.3 Å². The lowest BCUT2D eigenvalue weighted by Gasteiger charge is -2.19. The molecule has 0 spiro atoms. The first-order valence-electron chi connectivity index (χ1n) is 8.53. The number of nitrogens with zero attached hydrogens (tertiary/aromatic N) is 1. The highest BCUT2D eigenvalue weighted by Gasteiger charge is 2.31. The highest BCUT2D eigenvalue weighted by molar-refractivity contribution is 5.68. The molecule has 0 aliphatic carbocycles. The van der Waals surface area contributed by atoms with E-state index in [1.807, 2.05) is 6.07 Å². The number of hydrogen-bond donors (Lipinski definition) is 2. The second kappa shape index (κ2) is 7.93. The van der Waals surface area contributed by atoms with Crippen LogP contribution >= 0.6 is 0 Å². The molecule has 28 heavy (non-hydrogen) atoms. The molecule has 0 atom stereocenters. The van der Waals surface area contributed by atoms with Gasteiger partial charge < -0.3 is 11.1 Å². The Balaban J connectivity index is 2.42. The minimum Gasteiger partial charge on any atom is -0.396 e. The Labute approximate surface area is 161 Å². The number of halogens is 4. The molecule has 7 heteroatoms. The van der Waals surface area contributed by atoms with Crippen molar-refractivity contribution < 1.29 is 17.6 Å². The SMILES string of the molecule is CN/C(C#N)=C(\N)c1ccc(Cc2cc(C(C)(F)F)ccc2C(C)(F)F)cc1. The van der Waals surface area contributed by atoms with E-state index in [1.165, 1.54) is 0 Å². The Kier molecular flexibility index (Phi) is 6.03. The minimum absolute atomic E-state index is 0.0592. The van der Waals surface area contributed by atoms with Gasteiger partial charge in [-0.15, -0.1) is 0 Å². The molecule has 0 saturated heterocycles. The van der Waals surface area contributed by atoms with E-state index >= 15 is 0 Å². The van der Waals surface area contributed by atoms with Gasteiger partial charge in [-0.3, -0.25) is 0 Å². The van der Waals surface area contributed by atoms with Gasteiger partial charge in [0.05, 0.1) is 5.70 Å². The van der Waals surface area contributed by atoms with Crippen molar-refractivity contribution in [1.82, 2.24) is 5.32 Å². The van der Waals surface area contributed by atoms with Crippen LogP contribution < -0.4 is 11.1 Å². The summed E-state index contributed by atoms with van der Waals surface area (Å²) in [4.78, 5) is 0. The van der Waals surface area contributed by atoms with E-state index in [9.17, 15) is 17.6 Å². The van der Waals surface area contributed by atoms with Crippen LogP contribution in [0.25, 0.3) is 5.70 Å². The van der Waals surface area contributed by atoms with Crippen LogP contribution in [0.5, 0.6) is 0 Å². The van der Waals surface area contributed by atoms with Crippen molar-refractivity contribution in [3.05, 3.63) is 76.0 Å². The van der Waals surface area contributed by atoms with Crippen LogP contribution in [0.3, 0.4) is 0 Å². The van der Waals surface area contributed by atoms with E-state index in [4.69, 9.17) is 11.0 Å². The van der Waals surface area contributed by atoms with Gasteiger partial charge in [-0.1, -0.05) is 36.4 Å². The summed E-state index contributed by atoms with van der Waals surface area (Å²) in [5.41, 5.74) is 7.16. The Morgan fingerprint density at radius 2 is 1.64 bits per heavy atom. The standard InChI is InChI=1S/C21H21F4N3/c1-20(22,23)16-8-9-17(21(2,24)25)15(11-16)10-13-4-6-14(7-5-13)19(27)18(12-26)28-3/h4-9,11,28H,10,27H2,1-3H3/b19-18-. The number of hydrogen-bond acceptors (Lipinski definition) is 3. The fourth-order valence-corrected chi connectivity index (χ4v) is 2.86. The molecule has 0 aromatic heterocycles. The molecular formula is C21H21F4N3. The zero-order valence-electron chi connectivity index (χ0n) is 15.8. The molecule has 2 aromatic carbocycles. The Bertz CT molecular complexity index is 915. The first-order chi connectivity index (χ1) is 13.0. The van der Waals surface area contributed by atoms with Gasteiger partial charge in [-0.2, -0.15) is 5.26 Å². The van der Waals surface area contributed by atoms with E-state index in [-0.39, 0.29) is 34.5 Å². The first kappa shape index (κ1) is 21.3. The van der Waals surface area contributed by atoms with Crippen LogP contribution in [-0.4, -0.2) is 7.05 Å². The van der Waals surface area contributed by atoms with Crippen LogP contribution in [0.1, 0.15) is 41.7 Å². The Hall–Kier alpha value is -3.01. The summed E-state index contributed by atoms with van der Waals surface area (Å²) < 4.78 is 55.2. The quantitative estimate of drug-likeness (QED) is 0.545. The van der Waals surface area contributed by atoms with Gasteiger partial charge in [-0.25, -0.2) is 17.6 Å². The first-order valence-corrected chi connectivity index (χ1v) is 8.53. The van der Waals surface area contributed by atoms with Crippen molar-refractivity contribution in [3.63, 3.8) is 0 Å². The summed E-state index contributed by atoms with van der Waals surface area (Å²) in [7, 11) is 1.57. The maximum absolute atomic E-state index is 13.9. The van der Waals surface area contributed by atoms with E-state index in [0.717, 1.165) is 32.0 Å². The average molecular weight is 391 g/mol. The maximum atomic E-state index is 13.9. The van der Waals surface area contributed by atoms with Crippen LogP contribution in [0.15, 0.2) is 48.2 Å². The Morgan fingerprint density at radius 3 is 2.11 bits per heavy atom.